The largest absolute Gasteiger partial charge is 0.361 e. The molecule has 3 rings (SSSR count). The van der Waals surface area contributed by atoms with Crippen molar-refractivity contribution in [3.05, 3.63) is 53.5 Å². The molecule has 20 heavy (non-hydrogen) atoms. The van der Waals surface area contributed by atoms with Crippen molar-refractivity contribution < 1.29 is 9.32 Å². The highest BCUT2D eigenvalue weighted by Crippen LogP contribution is 2.23. The third kappa shape index (κ3) is 2.25. The van der Waals surface area contributed by atoms with E-state index in [2.05, 4.69) is 15.5 Å². The molecule has 1 aromatic carbocycles. The number of carbonyl (C=O) groups excluding carboxylic acids is 1. The maximum absolute atomic E-state index is 12.1. The Bertz CT molecular complexity index is 793. The van der Waals surface area contributed by atoms with Crippen LogP contribution in [0.2, 0.25) is 0 Å². The van der Waals surface area contributed by atoms with Crippen molar-refractivity contribution >= 4 is 22.5 Å². The topological polar surface area (TPSA) is 68.0 Å². The van der Waals surface area contributed by atoms with Crippen LogP contribution in [0.15, 0.2) is 40.9 Å². The quantitative estimate of drug-likeness (QED) is 0.774. The lowest BCUT2D eigenvalue weighted by Gasteiger charge is -2.08. The van der Waals surface area contributed by atoms with Crippen LogP contribution >= 0.6 is 0 Å². The molecular weight excluding hydrogens is 254 g/mol. The van der Waals surface area contributed by atoms with E-state index in [4.69, 9.17) is 4.52 Å². The molecule has 2 heterocycles. The van der Waals surface area contributed by atoms with Crippen LogP contribution in [0.3, 0.4) is 0 Å². The number of nitrogens with zero attached hydrogens (tertiary/aromatic N) is 2. The molecule has 0 spiro atoms. The van der Waals surface area contributed by atoms with Gasteiger partial charge in [-0.1, -0.05) is 23.4 Å². The normalized spacial score (nSPS) is 10.7. The lowest BCUT2D eigenvalue weighted by atomic mass is 10.1. The number of aryl methyl sites for hydroxylation is 2. The summed E-state index contributed by atoms with van der Waals surface area (Å²) in [5.41, 5.74) is 2.68. The van der Waals surface area contributed by atoms with Crippen LogP contribution in [0, 0.1) is 13.8 Å². The van der Waals surface area contributed by atoms with Gasteiger partial charge in [0.1, 0.15) is 5.76 Å². The molecule has 0 radical (unpaired) electrons. The SMILES string of the molecule is Cc1cc(NC(=O)c2cc(C)on2)c2ccccc2n1. The molecule has 5 heteroatoms. The van der Waals surface area contributed by atoms with Gasteiger partial charge < -0.3 is 9.84 Å². The number of nitrogens with one attached hydrogen (secondary N) is 1. The number of pyridine rings is 1. The molecule has 1 amide bonds. The lowest BCUT2D eigenvalue weighted by molar-refractivity contribution is 0.101. The summed E-state index contributed by atoms with van der Waals surface area (Å²) < 4.78 is 4.91. The zero-order valence-electron chi connectivity index (χ0n) is 11.2. The van der Waals surface area contributed by atoms with Crippen LogP contribution < -0.4 is 5.32 Å². The van der Waals surface area contributed by atoms with E-state index < -0.39 is 0 Å². The number of amides is 1. The van der Waals surface area contributed by atoms with Crippen LogP contribution in [-0.2, 0) is 0 Å². The van der Waals surface area contributed by atoms with Crippen LogP contribution in [0.1, 0.15) is 21.9 Å². The number of hydrogen-bond donors (Lipinski definition) is 1. The Morgan fingerprint density at radius 3 is 2.75 bits per heavy atom. The van der Waals surface area contributed by atoms with E-state index in [1.54, 1.807) is 13.0 Å². The maximum atomic E-state index is 12.1. The molecule has 3 aromatic rings. The van der Waals surface area contributed by atoms with E-state index in [0.717, 1.165) is 22.3 Å². The average molecular weight is 267 g/mol. The van der Waals surface area contributed by atoms with Gasteiger partial charge in [-0.05, 0) is 26.0 Å². The highest BCUT2D eigenvalue weighted by molar-refractivity contribution is 6.07. The molecule has 0 atom stereocenters. The van der Waals surface area contributed by atoms with Gasteiger partial charge in [0.15, 0.2) is 5.69 Å². The molecule has 0 aliphatic rings. The summed E-state index contributed by atoms with van der Waals surface area (Å²) in [4.78, 5) is 16.6. The lowest BCUT2D eigenvalue weighted by Crippen LogP contribution is -2.12. The van der Waals surface area contributed by atoms with E-state index in [0.29, 0.717) is 5.76 Å². The van der Waals surface area contributed by atoms with Gasteiger partial charge in [0, 0.05) is 17.1 Å². The van der Waals surface area contributed by atoms with Crippen molar-refractivity contribution in [3.63, 3.8) is 0 Å². The van der Waals surface area contributed by atoms with Gasteiger partial charge in [-0.3, -0.25) is 9.78 Å². The molecule has 0 saturated carbocycles. The third-order valence-corrected chi connectivity index (χ3v) is 2.95. The second-order valence-electron chi connectivity index (χ2n) is 4.61. The first kappa shape index (κ1) is 12.3. The summed E-state index contributed by atoms with van der Waals surface area (Å²) in [6.45, 7) is 3.64. The molecule has 1 N–H and O–H groups in total. The van der Waals surface area contributed by atoms with Gasteiger partial charge in [-0.25, -0.2) is 0 Å². The van der Waals surface area contributed by atoms with Gasteiger partial charge in [0.05, 0.1) is 11.2 Å². The Hall–Kier alpha value is -2.69. The fourth-order valence-electron chi connectivity index (χ4n) is 2.07. The highest BCUT2D eigenvalue weighted by Gasteiger charge is 2.13. The predicted molar refractivity (Wildman–Crippen MR) is 75.7 cm³/mol. The minimum atomic E-state index is -0.294. The van der Waals surface area contributed by atoms with Crippen molar-refractivity contribution in [2.24, 2.45) is 0 Å². The number of anilines is 1. The molecule has 0 aliphatic heterocycles. The van der Waals surface area contributed by atoms with Crippen LogP contribution in [-0.4, -0.2) is 16.0 Å². The standard InChI is InChI=1S/C15H13N3O2/c1-9-7-13(11-5-3-4-6-12(11)16-9)17-15(19)14-8-10(2)20-18-14/h3-8H,1-2H3,(H,16,17,19). The number of benzene rings is 1. The van der Waals surface area contributed by atoms with E-state index in [1.165, 1.54) is 0 Å². The Labute approximate surface area is 115 Å². The highest BCUT2D eigenvalue weighted by atomic mass is 16.5. The van der Waals surface area contributed by atoms with Crippen molar-refractivity contribution in [2.45, 2.75) is 13.8 Å². The fraction of sp³-hybridized carbons (Fsp3) is 0.133. The molecular formula is C15H13N3O2. The monoisotopic (exact) mass is 267 g/mol. The van der Waals surface area contributed by atoms with Gasteiger partial charge in [-0.2, -0.15) is 0 Å². The van der Waals surface area contributed by atoms with Crippen molar-refractivity contribution in [3.8, 4) is 0 Å². The zero-order valence-corrected chi connectivity index (χ0v) is 11.2. The number of rotatable bonds is 2. The smallest absolute Gasteiger partial charge is 0.277 e. The van der Waals surface area contributed by atoms with Crippen LogP contribution in [0.5, 0.6) is 0 Å². The molecule has 0 unspecified atom stereocenters. The second-order valence-corrected chi connectivity index (χ2v) is 4.61. The van der Waals surface area contributed by atoms with E-state index in [-0.39, 0.29) is 11.6 Å². The summed E-state index contributed by atoms with van der Waals surface area (Å²) in [6, 6.07) is 11.1. The molecule has 5 nitrogen and oxygen atoms in total. The van der Waals surface area contributed by atoms with Gasteiger partial charge >= 0.3 is 0 Å². The fourth-order valence-corrected chi connectivity index (χ4v) is 2.07. The van der Waals surface area contributed by atoms with Crippen molar-refractivity contribution in [1.29, 1.82) is 0 Å². The van der Waals surface area contributed by atoms with Crippen LogP contribution in [0.25, 0.3) is 10.9 Å². The number of carbonyl (C=O) groups is 1. The van der Waals surface area contributed by atoms with E-state index >= 15 is 0 Å². The number of hydrogen-bond acceptors (Lipinski definition) is 4. The van der Waals surface area contributed by atoms with Crippen molar-refractivity contribution in [1.82, 2.24) is 10.1 Å². The molecule has 0 bridgehead atoms. The van der Waals surface area contributed by atoms with Gasteiger partial charge in [-0.15, -0.1) is 0 Å². The summed E-state index contributed by atoms with van der Waals surface area (Å²) in [5, 5.41) is 7.46. The number of para-hydroxylation sites is 1. The van der Waals surface area contributed by atoms with E-state index in [1.807, 2.05) is 37.3 Å². The van der Waals surface area contributed by atoms with Gasteiger partial charge in [0.2, 0.25) is 0 Å². The molecule has 0 fully saturated rings. The van der Waals surface area contributed by atoms with Crippen LogP contribution in [0.4, 0.5) is 5.69 Å². The first-order chi connectivity index (χ1) is 9.63. The number of aromatic nitrogens is 2. The summed E-state index contributed by atoms with van der Waals surface area (Å²) in [5.74, 6) is 0.309. The first-order valence-corrected chi connectivity index (χ1v) is 6.24. The third-order valence-electron chi connectivity index (χ3n) is 2.95. The summed E-state index contributed by atoms with van der Waals surface area (Å²) in [7, 11) is 0. The van der Waals surface area contributed by atoms with Gasteiger partial charge in [0.25, 0.3) is 5.91 Å². The minimum absolute atomic E-state index is 0.265. The first-order valence-electron chi connectivity index (χ1n) is 6.24. The molecule has 100 valence electrons. The Morgan fingerprint density at radius 1 is 1.20 bits per heavy atom. The zero-order chi connectivity index (χ0) is 14.1. The predicted octanol–water partition coefficient (Wildman–Crippen LogP) is 3.09. The summed E-state index contributed by atoms with van der Waals surface area (Å²) >= 11 is 0. The Balaban J connectivity index is 2.00. The minimum Gasteiger partial charge on any atom is -0.361 e. The second kappa shape index (κ2) is 4.77. The maximum Gasteiger partial charge on any atom is 0.277 e. The summed E-state index contributed by atoms with van der Waals surface area (Å²) in [6.07, 6.45) is 0. The van der Waals surface area contributed by atoms with E-state index in [9.17, 15) is 4.79 Å². The number of fused-ring (bicyclic) bond motifs is 1. The Morgan fingerprint density at radius 2 is 2.00 bits per heavy atom. The Kier molecular flexibility index (Phi) is 2.95. The molecule has 2 aromatic heterocycles. The molecule has 0 saturated heterocycles. The molecule has 0 aliphatic carbocycles. The average Bonchev–Trinajstić information content (AvgIpc) is 2.85. The van der Waals surface area contributed by atoms with Crippen molar-refractivity contribution in [2.75, 3.05) is 5.32 Å².